The minimum absolute atomic E-state index is 0.137. The fourth-order valence-corrected chi connectivity index (χ4v) is 2.32. The van der Waals surface area contributed by atoms with Crippen molar-refractivity contribution >= 4 is 22.4 Å². The van der Waals surface area contributed by atoms with E-state index in [2.05, 4.69) is 25.7 Å². The van der Waals surface area contributed by atoms with Crippen molar-refractivity contribution in [1.82, 2.24) is 20.4 Å². The largest absolute Gasteiger partial charge is 0.295 e. The maximum atomic E-state index is 11.8. The average Bonchev–Trinajstić information content (AvgIpc) is 3.11. The molecule has 0 aromatic carbocycles. The first-order valence-corrected chi connectivity index (χ1v) is 6.24. The molecule has 8 heteroatoms. The van der Waals surface area contributed by atoms with Gasteiger partial charge in [-0.2, -0.15) is 5.10 Å². The summed E-state index contributed by atoms with van der Waals surface area (Å²) in [4.78, 5) is 22.6. The highest BCUT2D eigenvalue weighted by Gasteiger charge is 2.27. The van der Waals surface area contributed by atoms with Crippen LogP contribution in [0.25, 0.3) is 0 Å². The molecule has 0 spiro atoms. The van der Waals surface area contributed by atoms with Gasteiger partial charge >= 0.3 is 0 Å². The molecule has 0 aliphatic heterocycles. The van der Waals surface area contributed by atoms with E-state index in [0.717, 1.165) is 17.8 Å². The molecule has 0 unspecified atom stereocenters. The normalized spacial score (nSPS) is 14.4. The van der Waals surface area contributed by atoms with Crippen LogP contribution in [-0.4, -0.2) is 26.3 Å². The van der Waals surface area contributed by atoms with E-state index in [1.165, 1.54) is 23.5 Å². The van der Waals surface area contributed by atoms with Gasteiger partial charge in [-0.25, -0.2) is 5.10 Å². The van der Waals surface area contributed by atoms with E-state index in [0.29, 0.717) is 11.0 Å². The molecule has 1 aliphatic carbocycles. The first kappa shape index (κ1) is 11.0. The second kappa shape index (κ2) is 4.30. The maximum Gasteiger partial charge on any atom is 0.277 e. The van der Waals surface area contributed by atoms with E-state index >= 15 is 0 Å². The van der Waals surface area contributed by atoms with Crippen LogP contribution >= 0.6 is 11.3 Å². The number of carbonyl (C=O) groups excluding carboxylic acids is 1. The van der Waals surface area contributed by atoms with Crippen LogP contribution in [0.3, 0.4) is 0 Å². The lowest BCUT2D eigenvalue weighted by Gasteiger charge is -1.98. The first-order chi connectivity index (χ1) is 8.72. The molecule has 2 aromatic heterocycles. The Balaban J connectivity index is 1.72. The second-order valence-electron chi connectivity index (χ2n) is 3.98. The highest BCUT2D eigenvalue weighted by Crippen LogP contribution is 2.42. The minimum Gasteiger partial charge on any atom is -0.295 e. The van der Waals surface area contributed by atoms with Crippen LogP contribution in [0.2, 0.25) is 0 Å². The number of nitrogens with one attached hydrogen (secondary N) is 2. The predicted octanol–water partition coefficient (Wildman–Crippen LogP) is 0.751. The van der Waals surface area contributed by atoms with E-state index in [4.69, 9.17) is 0 Å². The third-order valence-corrected chi connectivity index (χ3v) is 3.50. The number of hydrogen-bond donors (Lipinski definition) is 2. The Morgan fingerprint density at radius 3 is 2.89 bits per heavy atom. The van der Waals surface area contributed by atoms with Gasteiger partial charge < -0.3 is 0 Å². The fraction of sp³-hybridized carbons (Fsp3) is 0.300. The lowest BCUT2D eigenvalue weighted by molar-refractivity contribution is 0.102. The molecular formula is C10H9N5O2S. The van der Waals surface area contributed by atoms with Gasteiger partial charge in [0.2, 0.25) is 5.13 Å². The highest BCUT2D eigenvalue weighted by atomic mass is 32.1. The summed E-state index contributed by atoms with van der Waals surface area (Å²) in [6.45, 7) is 0. The summed E-state index contributed by atoms with van der Waals surface area (Å²) in [7, 11) is 0. The maximum absolute atomic E-state index is 11.8. The van der Waals surface area contributed by atoms with Crippen LogP contribution < -0.4 is 10.9 Å². The Bertz CT molecular complexity index is 625. The Labute approximate surface area is 105 Å². The Morgan fingerprint density at radius 1 is 1.39 bits per heavy atom. The molecule has 1 amide bonds. The number of hydrogen-bond acceptors (Lipinski definition) is 6. The van der Waals surface area contributed by atoms with Crippen molar-refractivity contribution in [3.05, 3.63) is 33.2 Å². The number of aromatic nitrogens is 4. The zero-order chi connectivity index (χ0) is 12.5. The molecule has 0 radical (unpaired) electrons. The van der Waals surface area contributed by atoms with E-state index < -0.39 is 5.91 Å². The molecule has 18 heavy (non-hydrogen) atoms. The zero-order valence-corrected chi connectivity index (χ0v) is 10.0. The van der Waals surface area contributed by atoms with Gasteiger partial charge in [0.15, 0.2) is 0 Å². The molecule has 0 bridgehead atoms. The molecule has 7 nitrogen and oxygen atoms in total. The van der Waals surface area contributed by atoms with Crippen molar-refractivity contribution in [3.8, 4) is 0 Å². The summed E-state index contributed by atoms with van der Waals surface area (Å²) in [6, 6.07) is 2.61. The van der Waals surface area contributed by atoms with E-state index in [1.54, 1.807) is 0 Å². The van der Waals surface area contributed by atoms with Crippen LogP contribution in [0.1, 0.15) is 34.3 Å². The van der Waals surface area contributed by atoms with Gasteiger partial charge in [-0.3, -0.25) is 14.9 Å². The van der Waals surface area contributed by atoms with Gasteiger partial charge in [0, 0.05) is 12.0 Å². The molecule has 0 saturated heterocycles. The van der Waals surface area contributed by atoms with E-state index in [-0.39, 0.29) is 11.3 Å². The minimum atomic E-state index is -0.412. The van der Waals surface area contributed by atoms with Crippen LogP contribution in [0.4, 0.5) is 5.13 Å². The summed E-state index contributed by atoms with van der Waals surface area (Å²) in [6.07, 6.45) is 2.29. The standard InChI is InChI=1S/C10H9N5O2S/c16-7-4-3-6(12-13-7)8(17)11-10-15-14-9(18-10)5-1-2-5/h3-5H,1-2H2,(H,13,16)(H,11,15,17). The average molecular weight is 263 g/mol. The van der Waals surface area contributed by atoms with Crippen molar-refractivity contribution in [2.75, 3.05) is 5.32 Å². The fourth-order valence-electron chi connectivity index (χ4n) is 1.41. The number of rotatable bonds is 3. The van der Waals surface area contributed by atoms with Gasteiger partial charge in [-0.1, -0.05) is 11.3 Å². The van der Waals surface area contributed by atoms with Crippen LogP contribution in [0.15, 0.2) is 16.9 Å². The summed E-state index contributed by atoms with van der Waals surface area (Å²) in [5.74, 6) is 0.101. The number of nitrogens with zero attached hydrogens (tertiary/aromatic N) is 3. The number of anilines is 1. The van der Waals surface area contributed by atoms with Gasteiger partial charge in [-0.15, -0.1) is 10.2 Å². The van der Waals surface area contributed by atoms with Gasteiger partial charge in [0.1, 0.15) is 10.7 Å². The first-order valence-electron chi connectivity index (χ1n) is 5.43. The predicted molar refractivity (Wildman–Crippen MR) is 64.7 cm³/mol. The SMILES string of the molecule is O=C(Nc1nnc(C2CC2)s1)c1ccc(=O)[nH]n1. The third kappa shape index (κ3) is 2.28. The third-order valence-electron chi connectivity index (χ3n) is 2.50. The van der Waals surface area contributed by atoms with E-state index in [1.807, 2.05) is 0 Å². The Hall–Kier alpha value is -2.09. The molecule has 1 fully saturated rings. The van der Waals surface area contributed by atoms with Gasteiger partial charge in [-0.05, 0) is 18.9 Å². The number of H-pyrrole nitrogens is 1. The number of aromatic amines is 1. The topological polar surface area (TPSA) is 101 Å². The lowest BCUT2D eigenvalue weighted by atomic mass is 10.4. The van der Waals surface area contributed by atoms with Gasteiger partial charge in [0.25, 0.3) is 11.5 Å². The molecule has 0 atom stereocenters. The molecule has 3 rings (SSSR count). The van der Waals surface area contributed by atoms with Crippen LogP contribution in [-0.2, 0) is 0 Å². The molecule has 1 aliphatic rings. The molecule has 2 N–H and O–H groups in total. The van der Waals surface area contributed by atoms with E-state index in [9.17, 15) is 9.59 Å². The molecule has 2 heterocycles. The Morgan fingerprint density at radius 2 is 2.22 bits per heavy atom. The molecule has 92 valence electrons. The van der Waals surface area contributed by atoms with Crippen LogP contribution in [0.5, 0.6) is 0 Å². The van der Waals surface area contributed by atoms with Crippen molar-refractivity contribution in [2.45, 2.75) is 18.8 Å². The van der Waals surface area contributed by atoms with Gasteiger partial charge in [0.05, 0.1) is 0 Å². The summed E-state index contributed by atoms with van der Waals surface area (Å²) in [5.41, 5.74) is -0.212. The van der Waals surface area contributed by atoms with Crippen LogP contribution in [0, 0.1) is 0 Å². The summed E-state index contributed by atoms with van der Waals surface area (Å²) in [5, 5.41) is 17.8. The molecular weight excluding hydrogens is 254 g/mol. The lowest BCUT2D eigenvalue weighted by Crippen LogP contribution is -2.17. The number of carbonyl (C=O) groups is 1. The molecule has 2 aromatic rings. The van der Waals surface area contributed by atoms with Crippen molar-refractivity contribution in [3.63, 3.8) is 0 Å². The van der Waals surface area contributed by atoms with Crippen molar-refractivity contribution in [2.24, 2.45) is 0 Å². The summed E-state index contributed by atoms with van der Waals surface area (Å²) >= 11 is 1.38. The second-order valence-corrected chi connectivity index (χ2v) is 4.99. The van der Waals surface area contributed by atoms with Crippen molar-refractivity contribution < 1.29 is 4.79 Å². The monoisotopic (exact) mass is 263 g/mol. The summed E-state index contributed by atoms with van der Waals surface area (Å²) < 4.78 is 0. The highest BCUT2D eigenvalue weighted by molar-refractivity contribution is 7.15. The zero-order valence-electron chi connectivity index (χ0n) is 9.21. The Kier molecular flexibility index (Phi) is 2.63. The van der Waals surface area contributed by atoms with Crippen molar-refractivity contribution in [1.29, 1.82) is 0 Å². The molecule has 1 saturated carbocycles. The smallest absolute Gasteiger partial charge is 0.277 e. The quantitative estimate of drug-likeness (QED) is 0.851. The number of amides is 1.